The Hall–Kier alpha value is -2.55. The van der Waals surface area contributed by atoms with E-state index in [1.807, 2.05) is 12.1 Å². The topological polar surface area (TPSA) is 30.3 Å². The lowest BCUT2D eigenvalue weighted by atomic mass is 10.1. The molecule has 0 saturated heterocycles. The van der Waals surface area contributed by atoms with Gasteiger partial charge in [-0.15, -0.1) is 0 Å². The van der Waals surface area contributed by atoms with Crippen molar-refractivity contribution >= 4 is 23.4 Å². The normalized spacial score (nSPS) is 12.4. The lowest BCUT2D eigenvalue weighted by Gasteiger charge is -2.37. The quantitative estimate of drug-likeness (QED) is 0.612. The number of benzene rings is 2. The van der Waals surface area contributed by atoms with Crippen LogP contribution >= 0.6 is 0 Å². The highest BCUT2D eigenvalue weighted by Crippen LogP contribution is 2.32. The second-order valence-electron chi connectivity index (χ2n) is 6.77. The first-order valence-electron chi connectivity index (χ1n) is 9.04. The molecule has 25 heavy (non-hydrogen) atoms. The van der Waals surface area contributed by atoms with E-state index in [2.05, 4.69) is 80.0 Å². The molecule has 0 saturated carbocycles. The maximum Gasteiger partial charge on any atom is 0.203 e. The van der Waals surface area contributed by atoms with Gasteiger partial charge >= 0.3 is 0 Å². The summed E-state index contributed by atoms with van der Waals surface area (Å²) in [7, 11) is 0. The Morgan fingerprint density at radius 2 is 1.80 bits per heavy atom. The van der Waals surface area contributed by atoms with Gasteiger partial charge in [0.15, 0.2) is 0 Å². The number of aryl methyl sites for hydroxylation is 1. The molecule has 3 heteroatoms. The van der Waals surface area contributed by atoms with Gasteiger partial charge in [-0.05, 0) is 57.4 Å². The van der Waals surface area contributed by atoms with E-state index in [-0.39, 0.29) is 6.04 Å². The highest BCUT2D eigenvalue weighted by Gasteiger charge is 2.25. The van der Waals surface area contributed by atoms with Crippen LogP contribution in [0.5, 0.6) is 0 Å². The van der Waals surface area contributed by atoms with Crippen molar-refractivity contribution in [3.05, 3.63) is 65.2 Å². The van der Waals surface area contributed by atoms with Gasteiger partial charge < -0.3 is 9.80 Å². The van der Waals surface area contributed by atoms with Gasteiger partial charge in [0.2, 0.25) is 5.96 Å². The zero-order valence-corrected chi connectivity index (χ0v) is 15.6. The Morgan fingerprint density at radius 3 is 2.48 bits per heavy atom. The molecule has 1 aliphatic rings. The zero-order chi connectivity index (χ0) is 18.0. The SMILES string of the molecule is CCN(C(=N)N(c1ccccc1C)C(C)C)c1cccc2c1C=CC2. The summed E-state index contributed by atoms with van der Waals surface area (Å²) in [6.45, 7) is 9.27. The van der Waals surface area contributed by atoms with Gasteiger partial charge in [-0.1, -0.05) is 42.5 Å². The number of allylic oxidation sites excluding steroid dienone is 1. The third-order valence-electron chi connectivity index (χ3n) is 4.78. The molecule has 0 radical (unpaired) electrons. The Labute approximate surface area is 151 Å². The third kappa shape index (κ3) is 3.19. The molecule has 0 heterocycles. The van der Waals surface area contributed by atoms with Crippen LogP contribution in [0.25, 0.3) is 6.08 Å². The number of fused-ring (bicyclic) bond motifs is 1. The van der Waals surface area contributed by atoms with Crippen LogP contribution in [0, 0.1) is 12.3 Å². The summed E-state index contributed by atoms with van der Waals surface area (Å²) in [5.41, 5.74) is 6.01. The first-order valence-corrected chi connectivity index (χ1v) is 9.04. The molecular weight excluding hydrogens is 306 g/mol. The van der Waals surface area contributed by atoms with Crippen LogP contribution in [-0.4, -0.2) is 18.5 Å². The standard InChI is InChI=1S/C22H27N3/c1-5-24(21-15-9-12-18-11-8-13-19(18)21)22(23)25(16(2)3)20-14-7-6-10-17(20)4/h6-10,12-16,23H,5,11H2,1-4H3. The third-order valence-corrected chi connectivity index (χ3v) is 4.78. The number of hydrogen-bond acceptors (Lipinski definition) is 1. The summed E-state index contributed by atoms with van der Waals surface area (Å²) in [5, 5.41) is 9.00. The second kappa shape index (κ2) is 7.14. The minimum Gasteiger partial charge on any atom is -0.312 e. The van der Waals surface area contributed by atoms with Gasteiger partial charge in [0.05, 0.1) is 5.69 Å². The number of anilines is 2. The Bertz CT molecular complexity index is 805. The Morgan fingerprint density at radius 1 is 1.08 bits per heavy atom. The molecule has 3 nitrogen and oxygen atoms in total. The lowest BCUT2D eigenvalue weighted by Crippen LogP contribution is -2.48. The number of nitrogens with one attached hydrogen (secondary N) is 1. The largest absolute Gasteiger partial charge is 0.312 e. The molecule has 0 spiro atoms. The molecule has 3 rings (SSSR count). The van der Waals surface area contributed by atoms with Crippen molar-refractivity contribution in [1.29, 1.82) is 5.41 Å². The van der Waals surface area contributed by atoms with Crippen LogP contribution in [0.2, 0.25) is 0 Å². The van der Waals surface area contributed by atoms with Gasteiger partial charge in [-0.25, -0.2) is 0 Å². The summed E-state index contributed by atoms with van der Waals surface area (Å²) in [6.07, 6.45) is 5.38. The van der Waals surface area contributed by atoms with Crippen LogP contribution in [0.15, 0.2) is 48.5 Å². The van der Waals surface area contributed by atoms with Gasteiger partial charge in [0, 0.05) is 23.8 Å². The van der Waals surface area contributed by atoms with Crippen molar-refractivity contribution in [3.8, 4) is 0 Å². The van der Waals surface area contributed by atoms with Crippen molar-refractivity contribution in [3.63, 3.8) is 0 Å². The minimum atomic E-state index is 0.204. The van der Waals surface area contributed by atoms with Crippen LogP contribution in [0.3, 0.4) is 0 Å². The highest BCUT2D eigenvalue weighted by molar-refractivity contribution is 6.07. The molecule has 0 fully saturated rings. The van der Waals surface area contributed by atoms with Gasteiger partial charge in [-0.3, -0.25) is 5.41 Å². The second-order valence-corrected chi connectivity index (χ2v) is 6.77. The van der Waals surface area contributed by atoms with E-state index < -0.39 is 0 Å². The van der Waals surface area contributed by atoms with Crippen LogP contribution in [0.4, 0.5) is 11.4 Å². The average Bonchev–Trinajstić information content (AvgIpc) is 3.07. The fourth-order valence-corrected chi connectivity index (χ4v) is 3.54. The van der Waals surface area contributed by atoms with E-state index in [0.29, 0.717) is 5.96 Å². The molecule has 1 aliphatic carbocycles. The Balaban J connectivity index is 2.03. The molecule has 0 atom stereocenters. The molecule has 1 N–H and O–H groups in total. The van der Waals surface area contributed by atoms with E-state index in [0.717, 1.165) is 24.3 Å². The van der Waals surface area contributed by atoms with Crippen molar-refractivity contribution in [2.24, 2.45) is 0 Å². The number of rotatable bonds is 4. The van der Waals surface area contributed by atoms with Crippen molar-refractivity contribution < 1.29 is 0 Å². The van der Waals surface area contributed by atoms with Crippen molar-refractivity contribution in [2.75, 3.05) is 16.3 Å². The smallest absolute Gasteiger partial charge is 0.203 e. The molecule has 0 aromatic heterocycles. The zero-order valence-electron chi connectivity index (χ0n) is 15.6. The molecule has 0 aliphatic heterocycles. The first kappa shape index (κ1) is 17.3. The van der Waals surface area contributed by atoms with E-state index in [1.165, 1.54) is 16.7 Å². The summed E-state index contributed by atoms with van der Waals surface area (Å²) in [4.78, 5) is 4.23. The Kier molecular flexibility index (Phi) is 4.93. The highest BCUT2D eigenvalue weighted by atomic mass is 15.4. The lowest BCUT2D eigenvalue weighted by molar-refractivity contribution is 0.785. The van der Waals surface area contributed by atoms with Crippen LogP contribution < -0.4 is 9.80 Å². The summed E-state index contributed by atoms with van der Waals surface area (Å²) >= 11 is 0. The van der Waals surface area contributed by atoms with Crippen LogP contribution in [0.1, 0.15) is 37.5 Å². The average molecular weight is 333 g/mol. The van der Waals surface area contributed by atoms with Crippen molar-refractivity contribution in [1.82, 2.24) is 0 Å². The van der Waals surface area contributed by atoms with Crippen molar-refractivity contribution in [2.45, 2.75) is 40.2 Å². The van der Waals surface area contributed by atoms with Gasteiger partial charge in [0.1, 0.15) is 0 Å². The number of para-hydroxylation sites is 1. The molecule has 130 valence electrons. The summed E-state index contributed by atoms with van der Waals surface area (Å²) in [5.74, 6) is 0.528. The van der Waals surface area contributed by atoms with Crippen LogP contribution in [-0.2, 0) is 6.42 Å². The van der Waals surface area contributed by atoms with E-state index in [1.54, 1.807) is 0 Å². The fourth-order valence-electron chi connectivity index (χ4n) is 3.54. The molecule has 0 amide bonds. The van der Waals surface area contributed by atoms with E-state index in [9.17, 15) is 0 Å². The van der Waals surface area contributed by atoms with Gasteiger partial charge in [0.25, 0.3) is 0 Å². The molecule has 2 aromatic carbocycles. The maximum absolute atomic E-state index is 9.00. The van der Waals surface area contributed by atoms with E-state index in [4.69, 9.17) is 5.41 Å². The molecular formula is C22H27N3. The summed E-state index contributed by atoms with van der Waals surface area (Å²) in [6, 6.07) is 14.9. The van der Waals surface area contributed by atoms with E-state index >= 15 is 0 Å². The predicted molar refractivity (Wildman–Crippen MR) is 109 cm³/mol. The number of hydrogen-bond donors (Lipinski definition) is 1. The first-order chi connectivity index (χ1) is 12.0. The monoisotopic (exact) mass is 333 g/mol. The summed E-state index contributed by atoms with van der Waals surface area (Å²) < 4.78 is 0. The van der Waals surface area contributed by atoms with Gasteiger partial charge in [-0.2, -0.15) is 0 Å². The maximum atomic E-state index is 9.00. The fraction of sp³-hybridized carbons (Fsp3) is 0.318. The predicted octanol–water partition coefficient (Wildman–Crippen LogP) is 5.24. The minimum absolute atomic E-state index is 0.204. The number of guanidine groups is 1. The molecule has 2 aromatic rings. The molecule has 0 bridgehead atoms. The number of nitrogens with zero attached hydrogens (tertiary/aromatic N) is 2. The molecule has 0 unspecified atom stereocenters.